The van der Waals surface area contributed by atoms with E-state index in [-0.39, 0.29) is 22.1 Å². The zero-order valence-corrected chi connectivity index (χ0v) is 21.5. The van der Waals surface area contributed by atoms with Gasteiger partial charge in [0.25, 0.3) is 15.9 Å². The fourth-order valence-electron chi connectivity index (χ4n) is 3.71. The highest BCUT2D eigenvalue weighted by molar-refractivity contribution is 7.92. The van der Waals surface area contributed by atoms with E-state index < -0.39 is 10.0 Å². The highest BCUT2D eigenvalue weighted by Gasteiger charge is 2.22. The van der Waals surface area contributed by atoms with Crippen LogP contribution >= 0.6 is 0 Å². The molecule has 0 spiro atoms. The number of nitrogens with zero attached hydrogens (tertiary/aromatic N) is 1. The third-order valence-electron chi connectivity index (χ3n) is 5.87. The third kappa shape index (κ3) is 6.83. The predicted molar refractivity (Wildman–Crippen MR) is 139 cm³/mol. The van der Waals surface area contributed by atoms with Crippen molar-refractivity contribution in [1.82, 2.24) is 10.2 Å². The average molecular weight is 496 g/mol. The standard InChI is InChI=1S/C27H33N3O4S/c1-5-30(6-2)19-23-10-8-7-9-22(23)18-28-27(31)21-13-16-25(34-4)26(17-21)35(32,33)29-24-14-11-20(3)12-15-24/h7-17,29H,5-6,18-19H2,1-4H3,(H,28,31). The summed E-state index contributed by atoms with van der Waals surface area (Å²) in [5, 5.41) is 2.92. The number of carbonyl (C=O) groups excluding carboxylic acids is 1. The summed E-state index contributed by atoms with van der Waals surface area (Å²) in [7, 11) is -2.58. The maximum atomic E-state index is 13.1. The van der Waals surface area contributed by atoms with Crippen LogP contribution in [0, 0.1) is 6.92 Å². The summed E-state index contributed by atoms with van der Waals surface area (Å²) in [6, 6.07) is 19.4. The van der Waals surface area contributed by atoms with Gasteiger partial charge in [0.1, 0.15) is 10.6 Å². The molecule has 0 unspecified atom stereocenters. The molecule has 0 aliphatic rings. The Kier molecular flexibility index (Phi) is 8.89. The second-order valence-corrected chi connectivity index (χ2v) is 9.90. The van der Waals surface area contributed by atoms with E-state index in [9.17, 15) is 13.2 Å². The van der Waals surface area contributed by atoms with Gasteiger partial charge >= 0.3 is 0 Å². The lowest BCUT2D eigenvalue weighted by molar-refractivity contribution is 0.0950. The zero-order valence-electron chi connectivity index (χ0n) is 20.7. The number of benzene rings is 3. The topological polar surface area (TPSA) is 87.7 Å². The number of carbonyl (C=O) groups is 1. The Morgan fingerprint density at radius 3 is 2.23 bits per heavy atom. The quantitative estimate of drug-likeness (QED) is 0.407. The van der Waals surface area contributed by atoms with E-state index in [1.165, 1.54) is 19.2 Å². The van der Waals surface area contributed by atoms with Gasteiger partial charge in [0.15, 0.2) is 0 Å². The molecule has 0 heterocycles. The zero-order chi connectivity index (χ0) is 25.4. The highest BCUT2D eigenvalue weighted by Crippen LogP contribution is 2.27. The van der Waals surface area contributed by atoms with E-state index in [1.807, 2.05) is 37.3 Å². The van der Waals surface area contributed by atoms with Crippen molar-refractivity contribution in [2.45, 2.75) is 38.8 Å². The number of methoxy groups -OCH3 is 1. The van der Waals surface area contributed by atoms with Gasteiger partial charge in [0.05, 0.1) is 7.11 Å². The molecule has 7 nitrogen and oxygen atoms in total. The number of sulfonamides is 1. The minimum atomic E-state index is -3.98. The number of amides is 1. The van der Waals surface area contributed by atoms with Gasteiger partial charge < -0.3 is 10.1 Å². The third-order valence-corrected chi connectivity index (χ3v) is 7.27. The van der Waals surface area contributed by atoms with Crippen LogP contribution in [0.1, 0.15) is 40.9 Å². The molecule has 0 aliphatic heterocycles. The molecule has 3 aromatic carbocycles. The molecule has 3 aromatic rings. The van der Waals surface area contributed by atoms with Crippen LogP contribution in [0.3, 0.4) is 0 Å². The van der Waals surface area contributed by atoms with E-state index in [4.69, 9.17) is 4.74 Å². The van der Waals surface area contributed by atoms with Gasteiger partial charge in [-0.15, -0.1) is 0 Å². The van der Waals surface area contributed by atoms with Gasteiger partial charge in [0, 0.05) is 24.3 Å². The van der Waals surface area contributed by atoms with Crippen LogP contribution < -0.4 is 14.8 Å². The smallest absolute Gasteiger partial charge is 0.265 e. The van der Waals surface area contributed by atoms with Crippen molar-refractivity contribution in [2.24, 2.45) is 0 Å². The Morgan fingerprint density at radius 2 is 1.60 bits per heavy atom. The summed E-state index contributed by atoms with van der Waals surface area (Å²) in [4.78, 5) is 15.2. The molecule has 0 aliphatic carbocycles. The largest absolute Gasteiger partial charge is 0.495 e. The number of ether oxygens (including phenoxy) is 1. The van der Waals surface area contributed by atoms with Gasteiger partial charge in [0.2, 0.25) is 0 Å². The number of anilines is 1. The summed E-state index contributed by atoms with van der Waals surface area (Å²) in [6.45, 7) is 9.19. The molecule has 0 aromatic heterocycles. The predicted octanol–water partition coefficient (Wildman–Crippen LogP) is 4.58. The number of hydrogen-bond donors (Lipinski definition) is 2. The van der Waals surface area contributed by atoms with Crippen LogP contribution in [-0.2, 0) is 23.1 Å². The van der Waals surface area contributed by atoms with Crippen molar-refractivity contribution in [1.29, 1.82) is 0 Å². The first-order valence-electron chi connectivity index (χ1n) is 11.6. The lowest BCUT2D eigenvalue weighted by Gasteiger charge is -2.20. The van der Waals surface area contributed by atoms with Crippen LogP contribution in [0.5, 0.6) is 5.75 Å². The Bertz CT molecular complexity index is 1250. The Balaban J connectivity index is 1.79. The van der Waals surface area contributed by atoms with Gasteiger partial charge in [-0.25, -0.2) is 8.42 Å². The second-order valence-electron chi connectivity index (χ2n) is 8.25. The Hall–Kier alpha value is -3.36. The molecule has 35 heavy (non-hydrogen) atoms. The van der Waals surface area contributed by atoms with Crippen LogP contribution in [0.15, 0.2) is 71.6 Å². The summed E-state index contributed by atoms with van der Waals surface area (Å²) in [5.41, 5.74) is 3.85. The molecule has 1 amide bonds. The molecule has 0 saturated carbocycles. The van der Waals surface area contributed by atoms with Crippen molar-refractivity contribution in [2.75, 3.05) is 24.9 Å². The van der Waals surface area contributed by atoms with Crippen LogP contribution in [0.4, 0.5) is 5.69 Å². The van der Waals surface area contributed by atoms with Crippen molar-refractivity contribution < 1.29 is 17.9 Å². The van der Waals surface area contributed by atoms with Crippen molar-refractivity contribution in [3.63, 3.8) is 0 Å². The minimum Gasteiger partial charge on any atom is -0.495 e. The summed E-state index contributed by atoms with van der Waals surface area (Å²) >= 11 is 0. The van der Waals surface area contributed by atoms with Gasteiger partial charge in [-0.05, 0) is 61.5 Å². The fourth-order valence-corrected chi connectivity index (χ4v) is 4.96. The fraction of sp³-hybridized carbons (Fsp3) is 0.296. The molecule has 0 saturated heterocycles. The Morgan fingerprint density at radius 1 is 0.943 bits per heavy atom. The lowest BCUT2D eigenvalue weighted by Crippen LogP contribution is -2.26. The molecular formula is C27H33N3O4S. The second kappa shape index (κ2) is 11.9. The Labute approximate surface area is 208 Å². The number of rotatable bonds is 11. The molecule has 0 fully saturated rings. The molecule has 0 atom stereocenters. The normalized spacial score (nSPS) is 11.3. The SMILES string of the molecule is CCN(CC)Cc1ccccc1CNC(=O)c1ccc(OC)c(S(=O)(=O)Nc2ccc(C)cc2)c1. The monoisotopic (exact) mass is 495 g/mol. The van der Waals surface area contributed by atoms with Gasteiger partial charge in [-0.2, -0.15) is 0 Å². The lowest BCUT2D eigenvalue weighted by atomic mass is 10.1. The van der Waals surface area contributed by atoms with E-state index >= 15 is 0 Å². The maximum Gasteiger partial charge on any atom is 0.265 e. The number of aryl methyl sites for hydroxylation is 1. The first kappa shape index (κ1) is 26.2. The van der Waals surface area contributed by atoms with Crippen molar-refractivity contribution >= 4 is 21.6 Å². The van der Waals surface area contributed by atoms with Crippen LogP contribution in [0.25, 0.3) is 0 Å². The average Bonchev–Trinajstić information content (AvgIpc) is 2.87. The molecular weight excluding hydrogens is 462 g/mol. The number of nitrogens with one attached hydrogen (secondary N) is 2. The summed E-state index contributed by atoms with van der Waals surface area (Å²) in [6.07, 6.45) is 0. The highest BCUT2D eigenvalue weighted by atomic mass is 32.2. The van der Waals surface area contributed by atoms with Crippen molar-refractivity contribution in [3.05, 3.63) is 89.0 Å². The molecule has 3 rings (SSSR count). The van der Waals surface area contributed by atoms with Gasteiger partial charge in [-0.3, -0.25) is 14.4 Å². The molecule has 0 bridgehead atoms. The molecule has 186 valence electrons. The van der Waals surface area contributed by atoms with Crippen LogP contribution in [-0.4, -0.2) is 39.4 Å². The first-order chi connectivity index (χ1) is 16.8. The number of hydrogen-bond acceptors (Lipinski definition) is 5. The van der Waals surface area contributed by atoms with E-state index in [1.54, 1.807) is 18.2 Å². The molecule has 2 N–H and O–H groups in total. The van der Waals surface area contributed by atoms with Crippen molar-refractivity contribution in [3.8, 4) is 5.75 Å². The van der Waals surface area contributed by atoms with E-state index in [2.05, 4.69) is 34.9 Å². The van der Waals surface area contributed by atoms with Gasteiger partial charge in [-0.1, -0.05) is 55.8 Å². The van der Waals surface area contributed by atoms with E-state index in [0.29, 0.717) is 12.2 Å². The van der Waals surface area contributed by atoms with E-state index in [0.717, 1.165) is 36.3 Å². The minimum absolute atomic E-state index is 0.102. The first-order valence-corrected chi connectivity index (χ1v) is 13.1. The van der Waals surface area contributed by atoms with Crippen LogP contribution in [0.2, 0.25) is 0 Å². The molecule has 0 radical (unpaired) electrons. The molecule has 8 heteroatoms. The maximum absolute atomic E-state index is 13.1. The summed E-state index contributed by atoms with van der Waals surface area (Å²) < 4.78 is 34.0. The summed E-state index contributed by atoms with van der Waals surface area (Å²) in [5.74, 6) is -0.206.